The van der Waals surface area contributed by atoms with E-state index >= 15 is 0 Å². The van der Waals surface area contributed by atoms with Gasteiger partial charge >= 0.3 is 6.03 Å². The zero-order valence-corrected chi connectivity index (χ0v) is 10.9. The summed E-state index contributed by atoms with van der Waals surface area (Å²) in [7, 11) is 0. The van der Waals surface area contributed by atoms with Gasteiger partial charge in [0, 0.05) is 17.4 Å². The Morgan fingerprint density at radius 1 is 1.15 bits per heavy atom. The highest BCUT2D eigenvalue weighted by atomic mass is 16.2. The lowest BCUT2D eigenvalue weighted by Crippen LogP contribution is -2.20. The van der Waals surface area contributed by atoms with Crippen molar-refractivity contribution < 1.29 is 9.59 Å². The Kier molecular flexibility index (Phi) is 3.95. The number of carbonyl (C=O) groups is 2. The van der Waals surface area contributed by atoms with Crippen LogP contribution in [-0.4, -0.2) is 16.9 Å². The fourth-order valence-electron chi connectivity index (χ4n) is 1.67. The molecule has 4 N–H and O–H groups in total. The predicted octanol–water partition coefficient (Wildman–Crippen LogP) is 2.13. The number of aromatic nitrogens is 1. The van der Waals surface area contributed by atoms with Gasteiger partial charge in [0.15, 0.2) is 0 Å². The molecule has 1 heterocycles. The summed E-state index contributed by atoms with van der Waals surface area (Å²) in [6.45, 7) is 1.91. The van der Waals surface area contributed by atoms with Crippen LogP contribution in [0.5, 0.6) is 0 Å². The van der Waals surface area contributed by atoms with Gasteiger partial charge < -0.3 is 16.4 Å². The molecule has 0 radical (unpaired) electrons. The van der Waals surface area contributed by atoms with Crippen LogP contribution < -0.4 is 16.4 Å². The van der Waals surface area contributed by atoms with Crippen molar-refractivity contribution in [3.8, 4) is 0 Å². The molecule has 0 saturated heterocycles. The fourth-order valence-corrected chi connectivity index (χ4v) is 1.67. The highest BCUT2D eigenvalue weighted by Gasteiger charge is 2.08. The van der Waals surface area contributed by atoms with E-state index in [1.807, 2.05) is 13.0 Å². The largest absolute Gasteiger partial charge is 0.351 e. The molecule has 6 heteroatoms. The maximum absolute atomic E-state index is 12.1. The van der Waals surface area contributed by atoms with Crippen LogP contribution in [0.1, 0.15) is 15.9 Å². The van der Waals surface area contributed by atoms with Crippen molar-refractivity contribution in [1.29, 1.82) is 0 Å². The number of hydrogen-bond donors (Lipinski definition) is 3. The second-order valence-corrected chi connectivity index (χ2v) is 4.24. The van der Waals surface area contributed by atoms with Crippen molar-refractivity contribution in [2.45, 2.75) is 6.92 Å². The number of amides is 3. The monoisotopic (exact) mass is 270 g/mol. The van der Waals surface area contributed by atoms with E-state index in [2.05, 4.69) is 15.6 Å². The first-order valence-corrected chi connectivity index (χ1v) is 5.95. The quantitative estimate of drug-likeness (QED) is 0.797. The van der Waals surface area contributed by atoms with E-state index in [1.54, 1.807) is 30.5 Å². The molecule has 0 fully saturated rings. The maximum Gasteiger partial charge on any atom is 0.316 e. The molecular formula is C14H14N4O2. The van der Waals surface area contributed by atoms with Gasteiger partial charge in [0.1, 0.15) is 5.82 Å². The van der Waals surface area contributed by atoms with Crippen molar-refractivity contribution >= 4 is 23.4 Å². The number of aryl methyl sites for hydroxylation is 1. The summed E-state index contributed by atoms with van der Waals surface area (Å²) >= 11 is 0. The minimum Gasteiger partial charge on any atom is -0.351 e. The maximum atomic E-state index is 12.1. The average molecular weight is 270 g/mol. The lowest BCUT2D eigenvalue weighted by Gasteiger charge is -2.07. The number of nitrogens with two attached hydrogens (primary N) is 1. The summed E-state index contributed by atoms with van der Waals surface area (Å²) in [6.07, 6.45) is 1.62. The summed E-state index contributed by atoms with van der Waals surface area (Å²) in [5.41, 5.74) is 6.89. The minimum atomic E-state index is -0.678. The Balaban J connectivity index is 2.15. The molecule has 1 aromatic carbocycles. The third-order valence-electron chi connectivity index (χ3n) is 2.55. The molecule has 2 rings (SSSR count). The van der Waals surface area contributed by atoms with Gasteiger partial charge in [-0.1, -0.05) is 6.07 Å². The van der Waals surface area contributed by atoms with E-state index in [0.29, 0.717) is 17.1 Å². The molecule has 0 aliphatic rings. The number of hydrogen-bond acceptors (Lipinski definition) is 3. The fraction of sp³-hybridized carbons (Fsp3) is 0.0714. The van der Waals surface area contributed by atoms with Gasteiger partial charge in [-0.25, -0.2) is 9.78 Å². The molecule has 0 aliphatic carbocycles. The highest BCUT2D eigenvalue weighted by molar-refractivity contribution is 6.04. The molecule has 6 nitrogen and oxygen atoms in total. The first-order valence-electron chi connectivity index (χ1n) is 5.95. The molecule has 3 amide bonds. The number of nitrogens with zero attached hydrogens (tertiary/aromatic N) is 1. The average Bonchev–Trinajstić information content (AvgIpc) is 2.38. The summed E-state index contributed by atoms with van der Waals surface area (Å²) in [4.78, 5) is 26.9. The van der Waals surface area contributed by atoms with Gasteiger partial charge in [0.25, 0.3) is 5.91 Å². The number of benzene rings is 1. The summed E-state index contributed by atoms with van der Waals surface area (Å²) in [5, 5.41) is 5.10. The number of nitrogens with one attached hydrogen (secondary N) is 2. The number of rotatable bonds is 3. The van der Waals surface area contributed by atoms with Crippen LogP contribution in [0.4, 0.5) is 16.3 Å². The van der Waals surface area contributed by atoms with Crippen LogP contribution in [0.25, 0.3) is 0 Å². The molecule has 0 atom stereocenters. The lowest BCUT2D eigenvalue weighted by molar-refractivity contribution is 0.102. The Morgan fingerprint density at radius 2 is 1.95 bits per heavy atom. The van der Waals surface area contributed by atoms with Crippen LogP contribution in [-0.2, 0) is 0 Å². The van der Waals surface area contributed by atoms with E-state index in [9.17, 15) is 9.59 Å². The summed E-state index contributed by atoms with van der Waals surface area (Å²) in [5.74, 6) is 0.166. The lowest BCUT2D eigenvalue weighted by atomic mass is 10.2. The van der Waals surface area contributed by atoms with Crippen LogP contribution in [0.15, 0.2) is 42.6 Å². The third kappa shape index (κ3) is 3.55. The van der Waals surface area contributed by atoms with Crippen molar-refractivity contribution in [1.82, 2.24) is 4.98 Å². The van der Waals surface area contributed by atoms with Crippen LogP contribution in [0.3, 0.4) is 0 Å². The smallest absolute Gasteiger partial charge is 0.316 e. The number of anilines is 2. The number of pyridine rings is 1. The normalized spacial score (nSPS) is 9.85. The third-order valence-corrected chi connectivity index (χ3v) is 2.55. The molecule has 0 unspecified atom stereocenters. The van der Waals surface area contributed by atoms with Crippen molar-refractivity contribution in [2.24, 2.45) is 5.73 Å². The second-order valence-electron chi connectivity index (χ2n) is 4.24. The first kappa shape index (κ1) is 13.5. The van der Waals surface area contributed by atoms with Gasteiger partial charge in [0.05, 0.1) is 0 Å². The second kappa shape index (κ2) is 5.83. The molecule has 0 bridgehead atoms. The summed E-state index contributed by atoms with van der Waals surface area (Å²) in [6, 6.07) is 9.41. The van der Waals surface area contributed by atoms with Crippen LogP contribution in [0, 0.1) is 6.92 Å². The Morgan fingerprint density at radius 3 is 2.65 bits per heavy atom. The minimum absolute atomic E-state index is 0.309. The van der Waals surface area contributed by atoms with Crippen LogP contribution >= 0.6 is 0 Å². The zero-order valence-electron chi connectivity index (χ0n) is 10.9. The van der Waals surface area contributed by atoms with E-state index in [0.717, 1.165) is 5.56 Å². The van der Waals surface area contributed by atoms with E-state index in [-0.39, 0.29) is 5.91 Å². The van der Waals surface area contributed by atoms with Crippen molar-refractivity contribution in [2.75, 3.05) is 10.6 Å². The Hall–Kier alpha value is -2.89. The van der Waals surface area contributed by atoms with Gasteiger partial charge in [-0.15, -0.1) is 0 Å². The molecule has 0 aliphatic heterocycles. The highest BCUT2D eigenvalue weighted by Crippen LogP contribution is 2.13. The summed E-state index contributed by atoms with van der Waals surface area (Å²) < 4.78 is 0. The molecule has 20 heavy (non-hydrogen) atoms. The molecule has 0 spiro atoms. The van der Waals surface area contributed by atoms with Crippen molar-refractivity contribution in [3.63, 3.8) is 0 Å². The number of primary amides is 1. The zero-order chi connectivity index (χ0) is 14.5. The van der Waals surface area contributed by atoms with Gasteiger partial charge in [-0.05, 0) is 42.8 Å². The standard InChI is InChI=1S/C14H14N4O2/c1-9-5-6-16-12(7-9)18-13(19)10-3-2-4-11(8-10)17-14(15)20/h2-8H,1H3,(H3,15,17,20)(H,16,18,19). The van der Waals surface area contributed by atoms with E-state index < -0.39 is 6.03 Å². The molecule has 102 valence electrons. The topological polar surface area (TPSA) is 97.1 Å². The molecule has 0 saturated carbocycles. The molecule has 1 aromatic heterocycles. The van der Waals surface area contributed by atoms with Gasteiger partial charge in [0.2, 0.25) is 0 Å². The molecular weight excluding hydrogens is 256 g/mol. The Bertz CT molecular complexity index is 655. The van der Waals surface area contributed by atoms with E-state index in [4.69, 9.17) is 5.73 Å². The number of carbonyl (C=O) groups excluding carboxylic acids is 2. The SMILES string of the molecule is Cc1ccnc(NC(=O)c2cccc(NC(N)=O)c2)c1. The van der Waals surface area contributed by atoms with Crippen molar-refractivity contribution in [3.05, 3.63) is 53.7 Å². The Labute approximate surface area is 116 Å². The van der Waals surface area contributed by atoms with Gasteiger partial charge in [-0.2, -0.15) is 0 Å². The predicted molar refractivity (Wildman–Crippen MR) is 76.6 cm³/mol. The number of urea groups is 1. The van der Waals surface area contributed by atoms with Gasteiger partial charge in [-0.3, -0.25) is 4.79 Å². The van der Waals surface area contributed by atoms with Crippen LogP contribution in [0.2, 0.25) is 0 Å². The first-order chi connectivity index (χ1) is 9.54. The van der Waals surface area contributed by atoms with E-state index in [1.165, 1.54) is 6.07 Å². The molecule has 2 aromatic rings.